The zero-order chi connectivity index (χ0) is 14.8. The van der Waals surface area contributed by atoms with Gasteiger partial charge in [-0.25, -0.2) is 4.98 Å². The van der Waals surface area contributed by atoms with Crippen LogP contribution in [0.4, 0.5) is 0 Å². The Labute approximate surface area is 119 Å². The molecular weight excluding hydrogens is 254 g/mol. The van der Waals surface area contributed by atoms with Crippen molar-refractivity contribution in [2.45, 2.75) is 39.8 Å². The van der Waals surface area contributed by atoms with Crippen LogP contribution >= 0.6 is 0 Å². The van der Waals surface area contributed by atoms with E-state index in [1.807, 2.05) is 14.0 Å². The fourth-order valence-corrected chi connectivity index (χ4v) is 1.61. The summed E-state index contributed by atoms with van der Waals surface area (Å²) >= 11 is 0. The molecule has 0 radical (unpaired) electrons. The van der Waals surface area contributed by atoms with E-state index in [4.69, 9.17) is 4.74 Å². The molecule has 0 aliphatic heterocycles. The largest absolute Gasteiger partial charge is 0.421 e. The lowest BCUT2D eigenvalue weighted by Crippen LogP contribution is -2.35. The van der Waals surface area contributed by atoms with Gasteiger partial charge in [-0.05, 0) is 27.7 Å². The van der Waals surface area contributed by atoms with Gasteiger partial charge in [0, 0.05) is 36.6 Å². The van der Waals surface area contributed by atoms with Crippen molar-refractivity contribution in [2.75, 3.05) is 0 Å². The molecule has 20 heavy (non-hydrogen) atoms. The molecule has 0 fully saturated rings. The lowest BCUT2D eigenvalue weighted by Gasteiger charge is -2.20. The summed E-state index contributed by atoms with van der Waals surface area (Å²) in [6.07, 6.45) is 5.20. The maximum atomic E-state index is 5.55. The van der Waals surface area contributed by atoms with Crippen molar-refractivity contribution < 1.29 is 4.74 Å². The molecule has 0 aromatic carbocycles. The van der Waals surface area contributed by atoms with Crippen molar-refractivity contribution in [2.24, 2.45) is 7.05 Å². The number of nitrogens with zero attached hydrogens (tertiary/aromatic N) is 4. The fraction of sp³-hybridized carbons (Fsp3) is 0.500. The van der Waals surface area contributed by atoms with Crippen LogP contribution in [-0.4, -0.2) is 25.3 Å². The van der Waals surface area contributed by atoms with Gasteiger partial charge in [-0.3, -0.25) is 4.68 Å². The number of aromatic nitrogens is 4. The van der Waals surface area contributed by atoms with Crippen molar-refractivity contribution in [1.82, 2.24) is 25.1 Å². The Kier molecular flexibility index (Phi) is 4.04. The second-order valence-corrected chi connectivity index (χ2v) is 5.82. The molecule has 0 aliphatic rings. The zero-order valence-electron chi connectivity index (χ0n) is 12.6. The highest BCUT2D eigenvalue weighted by molar-refractivity contribution is 5.21. The molecular formula is C14H21N5O. The lowest BCUT2D eigenvalue weighted by molar-refractivity contribution is 0.418. The third kappa shape index (κ3) is 4.03. The van der Waals surface area contributed by atoms with E-state index in [9.17, 15) is 0 Å². The molecule has 0 amide bonds. The zero-order valence-corrected chi connectivity index (χ0v) is 12.6. The van der Waals surface area contributed by atoms with E-state index in [1.54, 1.807) is 23.3 Å². The average Bonchev–Trinajstić information content (AvgIpc) is 2.72. The van der Waals surface area contributed by atoms with Crippen molar-refractivity contribution in [3.05, 3.63) is 29.8 Å². The number of rotatable bonds is 4. The molecule has 6 nitrogen and oxygen atoms in total. The highest BCUT2D eigenvalue weighted by Crippen LogP contribution is 2.17. The Morgan fingerprint density at radius 1 is 1.30 bits per heavy atom. The van der Waals surface area contributed by atoms with Crippen LogP contribution in [0.1, 0.15) is 32.0 Å². The van der Waals surface area contributed by atoms with Gasteiger partial charge in [0.25, 0.3) is 0 Å². The van der Waals surface area contributed by atoms with Crippen LogP contribution in [0.5, 0.6) is 11.8 Å². The number of hydrogen-bond acceptors (Lipinski definition) is 5. The number of hydrogen-bond donors (Lipinski definition) is 1. The number of ether oxygens (including phenoxy) is 1. The molecule has 0 saturated heterocycles. The molecule has 2 heterocycles. The maximum Gasteiger partial charge on any atom is 0.322 e. The van der Waals surface area contributed by atoms with E-state index < -0.39 is 0 Å². The lowest BCUT2D eigenvalue weighted by atomic mass is 10.1. The third-order valence-corrected chi connectivity index (χ3v) is 2.76. The molecule has 0 spiro atoms. The molecule has 0 aliphatic carbocycles. The third-order valence-electron chi connectivity index (χ3n) is 2.76. The van der Waals surface area contributed by atoms with Crippen molar-refractivity contribution in [3.63, 3.8) is 0 Å². The monoisotopic (exact) mass is 275 g/mol. The van der Waals surface area contributed by atoms with Gasteiger partial charge in [-0.15, -0.1) is 0 Å². The summed E-state index contributed by atoms with van der Waals surface area (Å²) in [5.41, 5.74) is 2.05. The van der Waals surface area contributed by atoms with E-state index in [2.05, 4.69) is 41.2 Å². The second kappa shape index (κ2) is 5.58. The van der Waals surface area contributed by atoms with E-state index in [0.717, 1.165) is 17.8 Å². The Bertz CT molecular complexity index is 585. The fourth-order valence-electron chi connectivity index (χ4n) is 1.61. The van der Waals surface area contributed by atoms with Crippen LogP contribution in [0, 0.1) is 6.92 Å². The molecule has 0 atom stereocenters. The van der Waals surface area contributed by atoms with Gasteiger partial charge in [0.1, 0.15) is 0 Å². The molecule has 0 saturated carbocycles. The maximum absolute atomic E-state index is 5.55. The molecule has 0 unspecified atom stereocenters. The summed E-state index contributed by atoms with van der Waals surface area (Å²) in [5, 5.41) is 7.45. The molecule has 2 rings (SSSR count). The molecule has 2 aromatic rings. The molecule has 6 heteroatoms. The SMILES string of the molecule is Cc1nc(Oc2cnn(C)c2)ncc1CNC(C)(C)C. The Balaban J connectivity index is 2.05. The Morgan fingerprint density at radius 2 is 2.05 bits per heavy atom. The van der Waals surface area contributed by atoms with E-state index in [0.29, 0.717) is 11.8 Å². The molecule has 1 N–H and O–H groups in total. The van der Waals surface area contributed by atoms with Crippen LogP contribution in [0.25, 0.3) is 0 Å². The quantitative estimate of drug-likeness (QED) is 0.926. The first-order chi connectivity index (χ1) is 9.33. The number of nitrogens with one attached hydrogen (secondary N) is 1. The van der Waals surface area contributed by atoms with E-state index in [1.165, 1.54) is 0 Å². The first-order valence-corrected chi connectivity index (χ1v) is 6.57. The highest BCUT2D eigenvalue weighted by atomic mass is 16.5. The summed E-state index contributed by atoms with van der Waals surface area (Å²) in [6.45, 7) is 9.08. The first kappa shape index (κ1) is 14.5. The summed E-state index contributed by atoms with van der Waals surface area (Å²) in [6, 6.07) is 0.343. The van der Waals surface area contributed by atoms with Crippen LogP contribution in [0.3, 0.4) is 0 Å². The molecule has 108 valence electrons. The van der Waals surface area contributed by atoms with Crippen LogP contribution in [-0.2, 0) is 13.6 Å². The van der Waals surface area contributed by atoms with Gasteiger partial charge in [-0.1, -0.05) is 0 Å². The normalized spacial score (nSPS) is 11.7. The van der Waals surface area contributed by atoms with Crippen molar-refractivity contribution in [1.29, 1.82) is 0 Å². The first-order valence-electron chi connectivity index (χ1n) is 6.57. The van der Waals surface area contributed by atoms with Gasteiger partial charge in [0.05, 0.1) is 12.4 Å². The summed E-state index contributed by atoms with van der Waals surface area (Å²) in [5.74, 6) is 0.632. The predicted octanol–water partition coefficient (Wildman–Crippen LogP) is 2.20. The van der Waals surface area contributed by atoms with Crippen molar-refractivity contribution in [3.8, 4) is 11.8 Å². The number of aryl methyl sites for hydroxylation is 2. The van der Waals surface area contributed by atoms with Gasteiger partial charge < -0.3 is 10.1 Å². The summed E-state index contributed by atoms with van der Waals surface area (Å²) < 4.78 is 7.22. The van der Waals surface area contributed by atoms with Crippen LogP contribution in [0.2, 0.25) is 0 Å². The smallest absolute Gasteiger partial charge is 0.322 e. The van der Waals surface area contributed by atoms with Crippen molar-refractivity contribution >= 4 is 0 Å². The second-order valence-electron chi connectivity index (χ2n) is 5.82. The van der Waals surface area contributed by atoms with E-state index >= 15 is 0 Å². The average molecular weight is 275 g/mol. The Morgan fingerprint density at radius 3 is 2.60 bits per heavy atom. The van der Waals surface area contributed by atoms with Crippen LogP contribution < -0.4 is 10.1 Å². The minimum Gasteiger partial charge on any atom is -0.421 e. The molecule has 2 aromatic heterocycles. The Hall–Kier alpha value is -1.95. The van der Waals surface area contributed by atoms with E-state index in [-0.39, 0.29) is 5.54 Å². The van der Waals surface area contributed by atoms with Crippen LogP contribution in [0.15, 0.2) is 18.6 Å². The van der Waals surface area contributed by atoms with Gasteiger partial charge >= 0.3 is 6.01 Å². The minimum atomic E-state index is 0.0668. The van der Waals surface area contributed by atoms with Gasteiger partial charge in [0.15, 0.2) is 5.75 Å². The topological polar surface area (TPSA) is 64.9 Å². The highest BCUT2D eigenvalue weighted by Gasteiger charge is 2.11. The van der Waals surface area contributed by atoms with Gasteiger partial charge in [-0.2, -0.15) is 10.1 Å². The molecule has 0 bridgehead atoms. The minimum absolute atomic E-state index is 0.0668. The summed E-state index contributed by atoms with van der Waals surface area (Å²) in [7, 11) is 1.83. The standard InChI is InChI=1S/C14H21N5O/c1-10-11(7-16-14(2,3)4)6-15-13(18-10)20-12-8-17-19(5)9-12/h6,8-9,16H,7H2,1-5H3. The predicted molar refractivity (Wildman–Crippen MR) is 76.6 cm³/mol. The summed E-state index contributed by atoms with van der Waals surface area (Å²) in [4.78, 5) is 8.60. The van der Waals surface area contributed by atoms with Gasteiger partial charge in [0.2, 0.25) is 0 Å².